The van der Waals surface area contributed by atoms with Crippen LogP contribution in [0.2, 0.25) is 0 Å². The highest BCUT2D eigenvalue weighted by Crippen LogP contribution is 2.58. The smallest absolute Gasteiger partial charge is 0.151 e. The molecule has 1 N–H and O–H groups in total. The Kier molecular flexibility index (Phi) is 4.72. The molecule has 2 rings (SSSR count). The maximum Gasteiger partial charge on any atom is 0.151 e. The van der Waals surface area contributed by atoms with Gasteiger partial charge in [-0.05, 0) is 42.7 Å². The van der Waals surface area contributed by atoms with Crippen LogP contribution >= 0.6 is 10.0 Å². The second-order valence-corrected chi connectivity index (χ2v) is 8.16. The summed E-state index contributed by atoms with van der Waals surface area (Å²) < 4.78 is 12.8. The van der Waals surface area contributed by atoms with Gasteiger partial charge in [-0.2, -0.15) is 0 Å². The molecule has 21 heavy (non-hydrogen) atoms. The first-order valence-electron chi connectivity index (χ1n) is 6.69. The predicted octanol–water partition coefficient (Wildman–Crippen LogP) is 4.22. The molecule has 110 valence electrons. The van der Waals surface area contributed by atoms with Gasteiger partial charge in [0.15, 0.2) is 5.60 Å². The number of rotatable bonds is 3. The minimum Gasteiger partial charge on any atom is -0.375 e. The molecule has 1 unspecified atom stereocenters. The van der Waals surface area contributed by atoms with E-state index < -0.39 is 22.3 Å². The quantitative estimate of drug-likeness (QED) is 0.842. The van der Waals surface area contributed by atoms with Crippen molar-refractivity contribution >= 4 is 10.0 Å². The van der Waals surface area contributed by atoms with Crippen LogP contribution in [0.3, 0.4) is 0 Å². The summed E-state index contributed by atoms with van der Waals surface area (Å²) in [6, 6.07) is 19.9. The van der Waals surface area contributed by atoms with Crippen LogP contribution in [0, 0.1) is 11.2 Å². The Morgan fingerprint density at radius 2 is 1.43 bits per heavy atom. The zero-order chi connectivity index (χ0) is 15.3. The van der Waals surface area contributed by atoms with Gasteiger partial charge in [-0.25, -0.2) is 4.39 Å². The van der Waals surface area contributed by atoms with Gasteiger partial charge < -0.3 is 5.11 Å². The van der Waals surface area contributed by atoms with Crippen molar-refractivity contribution in [2.75, 3.05) is 12.9 Å². The molecule has 0 aliphatic heterocycles. The maximum absolute atomic E-state index is 12.8. The van der Waals surface area contributed by atoms with Gasteiger partial charge in [0, 0.05) is 9.79 Å². The molecule has 0 saturated carbocycles. The van der Waals surface area contributed by atoms with Crippen LogP contribution < -0.4 is 0 Å². The van der Waals surface area contributed by atoms with E-state index in [1.807, 2.05) is 60.7 Å². The van der Waals surface area contributed by atoms with E-state index in [0.29, 0.717) is 0 Å². The van der Waals surface area contributed by atoms with E-state index in [1.165, 1.54) is 6.92 Å². The highest BCUT2D eigenvalue weighted by molar-refractivity contribution is 8.37. The predicted molar refractivity (Wildman–Crippen MR) is 87.3 cm³/mol. The summed E-state index contributed by atoms with van der Waals surface area (Å²) >= 11 is 0. The van der Waals surface area contributed by atoms with Gasteiger partial charge in [0.1, 0.15) is 6.67 Å². The molecule has 1 nitrogen and oxygen atoms in total. The summed E-state index contributed by atoms with van der Waals surface area (Å²) in [6.07, 6.45) is 2.07. The van der Waals surface area contributed by atoms with Gasteiger partial charge in [0.2, 0.25) is 0 Å². The minimum atomic E-state index is -1.63. The van der Waals surface area contributed by atoms with E-state index >= 15 is 0 Å². The number of hydrogen-bond acceptors (Lipinski definition) is 1. The second kappa shape index (κ2) is 6.34. The Hall–Kier alpha value is -1.76. The van der Waals surface area contributed by atoms with Crippen molar-refractivity contribution in [2.24, 2.45) is 0 Å². The zero-order valence-electron chi connectivity index (χ0n) is 12.2. The SMILES string of the molecule is CC(O)(C#CS(C)(c1ccccc1)c1ccccc1)CF. The van der Waals surface area contributed by atoms with Crippen molar-refractivity contribution in [3.05, 3.63) is 60.7 Å². The first-order chi connectivity index (χ1) is 9.98. The van der Waals surface area contributed by atoms with Crippen LogP contribution in [-0.4, -0.2) is 23.6 Å². The molecule has 1 atom stereocenters. The first kappa shape index (κ1) is 15.6. The highest BCUT2D eigenvalue weighted by atomic mass is 32.3. The third kappa shape index (κ3) is 3.66. The molecule has 0 aliphatic rings. The second-order valence-electron chi connectivity index (χ2n) is 5.18. The first-order valence-corrected chi connectivity index (χ1v) is 8.73. The van der Waals surface area contributed by atoms with Crippen molar-refractivity contribution in [3.63, 3.8) is 0 Å². The molecule has 0 spiro atoms. The molecule has 0 fully saturated rings. The van der Waals surface area contributed by atoms with Crippen LogP contribution in [0.4, 0.5) is 4.39 Å². The Morgan fingerprint density at radius 3 is 1.81 bits per heavy atom. The Labute approximate surface area is 127 Å². The Bertz CT molecular complexity index is 602. The molecular formula is C18H19FOS. The van der Waals surface area contributed by atoms with Gasteiger partial charge >= 0.3 is 0 Å². The van der Waals surface area contributed by atoms with Crippen molar-refractivity contribution < 1.29 is 9.50 Å². The summed E-state index contributed by atoms with van der Waals surface area (Å²) in [5, 5.41) is 13.0. The normalized spacial score (nSPS) is 14.7. The van der Waals surface area contributed by atoms with E-state index in [1.54, 1.807) is 0 Å². The molecule has 0 heterocycles. The third-order valence-electron chi connectivity index (χ3n) is 3.21. The van der Waals surface area contributed by atoms with Gasteiger partial charge in [0.05, 0.1) is 0 Å². The number of aliphatic hydroxyl groups is 1. The van der Waals surface area contributed by atoms with E-state index in [0.717, 1.165) is 9.79 Å². The summed E-state index contributed by atoms with van der Waals surface area (Å²) in [6.45, 7) is 0.523. The molecule has 0 saturated heterocycles. The lowest BCUT2D eigenvalue weighted by Crippen LogP contribution is -2.24. The van der Waals surface area contributed by atoms with Crippen molar-refractivity contribution in [2.45, 2.75) is 22.3 Å². The van der Waals surface area contributed by atoms with Crippen LogP contribution in [0.15, 0.2) is 70.5 Å². The van der Waals surface area contributed by atoms with E-state index in [4.69, 9.17) is 0 Å². The molecule has 0 aromatic heterocycles. The number of benzene rings is 2. The molecule has 2 aromatic rings. The van der Waals surface area contributed by atoms with Gasteiger partial charge in [-0.1, -0.05) is 42.3 Å². The average Bonchev–Trinajstić information content (AvgIpc) is 2.54. The molecule has 2 aromatic carbocycles. The topological polar surface area (TPSA) is 20.2 Å². The van der Waals surface area contributed by atoms with Crippen LogP contribution in [0.25, 0.3) is 0 Å². The molecule has 3 heteroatoms. The lowest BCUT2D eigenvalue weighted by atomic mass is 10.1. The maximum atomic E-state index is 12.8. The van der Waals surface area contributed by atoms with Crippen molar-refractivity contribution in [3.8, 4) is 11.2 Å². The van der Waals surface area contributed by atoms with Gasteiger partial charge in [0.25, 0.3) is 0 Å². The van der Waals surface area contributed by atoms with Gasteiger partial charge in [-0.15, -0.1) is 10.0 Å². The monoisotopic (exact) mass is 302 g/mol. The summed E-state index contributed by atoms with van der Waals surface area (Å²) in [7, 11) is -1.63. The van der Waals surface area contributed by atoms with Crippen molar-refractivity contribution in [1.82, 2.24) is 0 Å². The number of halogens is 1. The summed E-state index contributed by atoms with van der Waals surface area (Å²) in [5.74, 6) is 2.71. The molecule has 0 bridgehead atoms. The van der Waals surface area contributed by atoms with Crippen molar-refractivity contribution in [1.29, 1.82) is 0 Å². The summed E-state index contributed by atoms with van der Waals surface area (Å²) in [5.41, 5.74) is -1.60. The van der Waals surface area contributed by atoms with Crippen LogP contribution in [0.1, 0.15) is 6.92 Å². The van der Waals surface area contributed by atoms with E-state index in [-0.39, 0.29) is 0 Å². The summed E-state index contributed by atoms with van der Waals surface area (Å²) in [4.78, 5) is 2.19. The molecule has 0 amide bonds. The average molecular weight is 302 g/mol. The van der Waals surface area contributed by atoms with Crippen LogP contribution in [0.5, 0.6) is 0 Å². The van der Waals surface area contributed by atoms with E-state index in [9.17, 15) is 9.50 Å². The Morgan fingerprint density at radius 1 is 1.00 bits per heavy atom. The number of alkyl halides is 1. The molecule has 0 aliphatic carbocycles. The lowest BCUT2D eigenvalue weighted by Gasteiger charge is -2.31. The fourth-order valence-corrected chi connectivity index (χ4v) is 4.22. The number of hydrogen-bond donors (Lipinski definition) is 1. The fourth-order valence-electron chi connectivity index (χ4n) is 1.88. The highest BCUT2D eigenvalue weighted by Gasteiger charge is 2.23. The Balaban J connectivity index is 2.56. The zero-order valence-corrected chi connectivity index (χ0v) is 13.0. The standard InChI is InChI=1S/C18H19FOS/c1-18(20,15-19)13-14-21(2,16-9-5-3-6-10-16)17-11-7-4-8-12-17/h3-12,20H,15H2,1-2H3. The third-order valence-corrected chi connectivity index (χ3v) is 6.15. The largest absolute Gasteiger partial charge is 0.375 e. The fraction of sp³-hybridized carbons (Fsp3) is 0.222. The van der Waals surface area contributed by atoms with E-state index in [2.05, 4.69) is 17.4 Å². The van der Waals surface area contributed by atoms with Crippen LogP contribution in [-0.2, 0) is 0 Å². The van der Waals surface area contributed by atoms with Gasteiger partial charge in [-0.3, -0.25) is 0 Å². The lowest BCUT2D eigenvalue weighted by molar-refractivity contribution is 0.0906. The molecule has 0 radical (unpaired) electrons. The molecular weight excluding hydrogens is 283 g/mol. The minimum absolute atomic E-state index is 0.876.